The normalized spacial score (nSPS) is 11.0. The summed E-state index contributed by atoms with van der Waals surface area (Å²) in [5.41, 5.74) is 0.977. The van der Waals surface area contributed by atoms with E-state index in [0.717, 1.165) is 5.39 Å². The minimum atomic E-state index is -0.495. The molecule has 2 rings (SSSR count). The molecule has 0 radical (unpaired) electrons. The number of fused-ring (bicyclic) bond motifs is 1. The van der Waals surface area contributed by atoms with Gasteiger partial charge in [0, 0.05) is 18.0 Å². The molecule has 21 heavy (non-hydrogen) atoms. The largest absolute Gasteiger partial charge is 0.463 e. The lowest BCUT2D eigenvalue weighted by atomic mass is 10.1. The molecule has 0 aliphatic carbocycles. The molecular formula is C16H17NO4. The van der Waals surface area contributed by atoms with Crippen molar-refractivity contribution in [2.24, 2.45) is 0 Å². The molecule has 0 amide bonds. The molecule has 1 heterocycles. The lowest BCUT2D eigenvalue weighted by Crippen LogP contribution is -2.10. The summed E-state index contributed by atoms with van der Waals surface area (Å²) >= 11 is 0. The quantitative estimate of drug-likeness (QED) is 0.520. The molecule has 1 aromatic carbocycles. The summed E-state index contributed by atoms with van der Waals surface area (Å²) in [4.78, 5) is 23.5. The van der Waals surface area contributed by atoms with Crippen LogP contribution in [-0.4, -0.2) is 19.1 Å². The molecule has 2 aromatic rings. The lowest BCUT2D eigenvalue weighted by molar-refractivity contribution is -0.137. The molecule has 0 atom stereocenters. The van der Waals surface area contributed by atoms with Crippen molar-refractivity contribution in [3.8, 4) is 0 Å². The fourth-order valence-electron chi connectivity index (χ4n) is 2.02. The third-order valence-electron chi connectivity index (χ3n) is 2.87. The van der Waals surface area contributed by atoms with E-state index >= 15 is 0 Å². The first-order valence-corrected chi connectivity index (χ1v) is 6.82. The van der Waals surface area contributed by atoms with Crippen LogP contribution in [0.1, 0.15) is 19.4 Å². The number of carbonyl (C=O) groups is 1. The van der Waals surface area contributed by atoms with Gasteiger partial charge in [-0.3, -0.25) is 0 Å². The number of carbonyl (C=O) groups excluding carboxylic acids is 1. The zero-order valence-corrected chi connectivity index (χ0v) is 12.0. The summed E-state index contributed by atoms with van der Waals surface area (Å²) in [6.07, 6.45) is 2.65. The summed E-state index contributed by atoms with van der Waals surface area (Å²) in [6, 6.07) is 7.26. The Morgan fingerprint density at radius 2 is 2.10 bits per heavy atom. The molecule has 110 valence electrons. The first kappa shape index (κ1) is 14.8. The topological polar surface area (TPSA) is 68.5 Å². The second-order valence-corrected chi connectivity index (χ2v) is 4.29. The van der Waals surface area contributed by atoms with Gasteiger partial charge in [0.2, 0.25) is 0 Å². The van der Waals surface area contributed by atoms with Gasteiger partial charge in [-0.15, -0.1) is 0 Å². The number of esters is 1. The van der Waals surface area contributed by atoms with Crippen LogP contribution in [-0.2, 0) is 9.53 Å². The fraction of sp³-hybridized carbons (Fsp3) is 0.250. The number of ether oxygens (including phenoxy) is 1. The summed E-state index contributed by atoms with van der Waals surface area (Å²) in [7, 11) is 0. The third-order valence-corrected chi connectivity index (χ3v) is 2.87. The van der Waals surface area contributed by atoms with Crippen molar-refractivity contribution in [2.75, 3.05) is 18.5 Å². The second-order valence-electron chi connectivity index (χ2n) is 4.29. The Labute approximate surface area is 122 Å². The van der Waals surface area contributed by atoms with Gasteiger partial charge < -0.3 is 14.5 Å². The van der Waals surface area contributed by atoms with Gasteiger partial charge in [-0.25, -0.2) is 9.59 Å². The highest BCUT2D eigenvalue weighted by atomic mass is 16.5. The van der Waals surface area contributed by atoms with Crippen LogP contribution < -0.4 is 10.9 Å². The Hall–Kier alpha value is -2.56. The van der Waals surface area contributed by atoms with Crippen LogP contribution in [0.25, 0.3) is 17.0 Å². The van der Waals surface area contributed by atoms with Crippen molar-refractivity contribution < 1.29 is 13.9 Å². The molecule has 0 aliphatic heterocycles. The predicted octanol–water partition coefficient (Wildman–Crippen LogP) is 2.80. The standard InChI is InChI=1S/C16H17NO4/c1-3-17-15-11-7-5-6-8-13(11)21-16(19)12(15)9-10-14(18)20-4-2/h5-10,17H,3-4H2,1-2H3/b10-9+. The first-order valence-electron chi connectivity index (χ1n) is 6.82. The highest BCUT2D eigenvalue weighted by Crippen LogP contribution is 2.25. The van der Waals surface area contributed by atoms with E-state index in [9.17, 15) is 9.59 Å². The van der Waals surface area contributed by atoms with Gasteiger partial charge in [0.25, 0.3) is 0 Å². The summed E-state index contributed by atoms with van der Waals surface area (Å²) < 4.78 is 10.1. The highest BCUT2D eigenvalue weighted by molar-refractivity contribution is 5.96. The maximum atomic E-state index is 12.1. The second kappa shape index (κ2) is 6.74. The molecule has 5 nitrogen and oxygen atoms in total. The molecular weight excluding hydrogens is 270 g/mol. The first-order chi connectivity index (χ1) is 10.2. The maximum Gasteiger partial charge on any atom is 0.345 e. The smallest absolute Gasteiger partial charge is 0.345 e. The van der Waals surface area contributed by atoms with Crippen LogP contribution in [0.2, 0.25) is 0 Å². The molecule has 0 aliphatic rings. The van der Waals surface area contributed by atoms with E-state index in [1.54, 1.807) is 19.1 Å². The van der Waals surface area contributed by atoms with Gasteiger partial charge in [-0.05, 0) is 32.1 Å². The Morgan fingerprint density at radius 1 is 1.33 bits per heavy atom. The van der Waals surface area contributed by atoms with Crippen molar-refractivity contribution in [2.45, 2.75) is 13.8 Å². The number of rotatable bonds is 5. The lowest BCUT2D eigenvalue weighted by Gasteiger charge is -2.10. The van der Waals surface area contributed by atoms with E-state index in [2.05, 4.69) is 5.32 Å². The molecule has 0 spiro atoms. The molecule has 5 heteroatoms. The van der Waals surface area contributed by atoms with Gasteiger partial charge in [0.1, 0.15) is 5.58 Å². The highest BCUT2D eigenvalue weighted by Gasteiger charge is 2.12. The van der Waals surface area contributed by atoms with Crippen molar-refractivity contribution in [1.29, 1.82) is 0 Å². The SMILES string of the molecule is CCNc1c(/C=C/C(=O)OCC)c(=O)oc2ccccc12. The molecule has 0 bridgehead atoms. The molecule has 0 unspecified atom stereocenters. The number of benzene rings is 1. The van der Waals surface area contributed by atoms with E-state index in [0.29, 0.717) is 23.4 Å². The number of para-hydroxylation sites is 1. The van der Waals surface area contributed by atoms with Crippen LogP contribution >= 0.6 is 0 Å². The Bertz CT molecular complexity index is 731. The van der Waals surface area contributed by atoms with Crippen molar-refractivity contribution in [3.05, 3.63) is 46.3 Å². The van der Waals surface area contributed by atoms with E-state index in [4.69, 9.17) is 9.15 Å². The zero-order chi connectivity index (χ0) is 15.2. The predicted molar refractivity (Wildman–Crippen MR) is 82.3 cm³/mol. The monoisotopic (exact) mass is 287 g/mol. The van der Waals surface area contributed by atoms with Gasteiger partial charge in [0.05, 0.1) is 17.9 Å². The zero-order valence-electron chi connectivity index (χ0n) is 12.0. The summed E-state index contributed by atoms with van der Waals surface area (Å²) in [5.74, 6) is -0.493. The number of anilines is 1. The molecule has 1 aromatic heterocycles. The Balaban J connectivity index is 2.56. The number of hydrogen-bond acceptors (Lipinski definition) is 5. The van der Waals surface area contributed by atoms with Crippen LogP contribution in [0.15, 0.2) is 39.6 Å². The Kier molecular flexibility index (Phi) is 4.77. The van der Waals surface area contributed by atoms with Gasteiger partial charge in [-0.1, -0.05) is 12.1 Å². The minimum Gasteiger partial charge on any atom is -0.463 e. The van der Waals surface area contributed by atoms with Gasteiger partial charge >= 0.3 is 11.6 Å². The maximum absolute atomic E-state index is 12.1. The van der Waals surface area contributed by atoms with E-state index in [1.165, 1.54) is 12.2 Å². The number of nitrogens with one attached hydrogen (secondary N) is 1. The van der Waals surface area contributed by atoms with E-state index in [-0.39, 0.29) is 6.61 Å². The summed E-state index contributed by atoms with van der Waals surface area (Å²) in [6.45, 7) is 4.59. The third kappa shape index (κ3) is 3.31. The van der Waals surface area contributed by atoms with Crippen molar-refractivity contribution in [1.82, 2.24) is 0 Å². The fourth-order valence-corrected chi connectivity index (χ4v) is 2.02. The van der Waals surface area contributed by atoms with E-state index < -0.39 is 11.6 Å². The Morgan fingerprint density at radius 3 is 2.81 bits per heavy atom. The van der Waals surface area contributed by atoms with Crippen LogP contribution in [0.5, 0.6) is 0 Å². The van der Waals surface area contributed by atoms with Crippen LogP contribution in [0.4, 0.5) is 5.69 Å². The molecule has 0 fully saturated rings. The minimum absolute atomic E-state index is 0.287. The molecule has 0 saturated carbocycles. The van der Waals surface area contributed by atoms with E-state index in [1.807, 2.05) is 19.1 Å². The van der Waals surface area contributed by atoms with Crippen LogP contribution in [0, 0.1) is 0 Å². The number of hydrogen-bond donors (Lipinski definition) is 1. The van der Waals surface area contributed by atoms with Crippen LogP contribution in [0.3, 0.4) is 0 Å². The van der Waals surface area contributed by atoms with Gasteiger partial charge in [0.15, 0.2) is 0 Å². The van der Waals surface area contributed by atoms with Gasteiger partial charge in [-0.2, -0.15) is 0 Å². The van der Waals surface area contributed by atoms with Crippen molar-refractivity contribution in [3.63, 3.8) is 0 Å². The average Bonchev–Trinajstić information content (AvgIpc) is 2.47. The molecule has 0 saturated heterocycles. The summed E-state index contributed by atoms with van der Waals surface area (Å²) in [5, 5.41) is 3.95. The molecule has 1 N–H and O–H groups in total. The van der Waals surface area contributed by atoms with Crippen molar-refractivity contribution >= 4 is 28.7 Å². The average molecular weight is 287 g/mol.